The number of carboxylic acid groups (broad SMARTS) is 1. The monoisotopic (exact) mass is 412 g/mol. The van der Waals surface area contributed by atoms with Gasteiger partial charge in [-0.1, -0.05) is 18.2 Å². The summed E-state index contributed by atoms with van der Waals surface area (Å²) >= 11 is 3.04. The van der Waals surface area contributed by atoms with Crippen molar-refractivity contribution in [3.8, 4) is 16.3 Å². The highest BCUT2D eigenvalue weighted by atomic mass is 32.2. The van der Waals surface area contributed by atoms with Crippen LogP contribution in [-0.4, -0.2) is 23.2 Å². The number of anilines is 1. The molecule has 1 aromatic heterocycles. The maximum absolute atomic E-state index is 11.1. The highest BCUT2D eigenvalue weighted by molar-refractivity contribution is 8.00. The molecule has 7 heteroatoms. The van der Waals surface area contributed by atoms with Crippen LogP contribution >= 0.6 is 23.3 Å². The van der Waals surface area contributed by atoms with E-state index < -0.39 is 5.97 Å². The Labute approximate surface area is 171 Å². The molecule has 0 saturated heterocycles. The fourth-order valence-corrected chi connectivity index (χ4v) is 5.08. The third kappa shape index (κ3) is 3.86. The Morgan fingerprint density at radius 1 is 1.25 bits per heavy atom. The van der Waals surface area contributed by atoms with Gasteiger partial charge in [-0.3, -0.25) is 0 Å². The Hall–Kier alpha value is -2.51. The number of thiazole rings is 1. The minimum Gasteiger partial charge on any atom is -0.495 e. The Morgan fingerprint density at radius 3 is 2.93 bits per heavy atom. The number of hydrogen-bond donors (Lipinski definition) is 2. The molecule has 0 atom stereocenters. The maximum Gasteiger partial charge on any atom is 0.335 e. The Bertz CT molecular complexity index is 1020. The smallest absolute Gasteiger partial charge is 0.335 e. The molecule has 1 heterocycles. The van der Waals surface area contributed by atoms with Gasteiger partial charge in [-0.05, 0) is 55.0 Å². The van der Waals surface area contributed by atoms with Gasteiger partial charge in [-0.25, -0.2) is 9.78 Å². The minimum atomic E-state index is -0.979. The van der Waals surface area contributed by atoms with Crippen molar-refractivity contribution in [2.24, 2.45) is 0 Å². The highest BCUT2D eigenvalue weighted by Crippen LogP contribution is 2.36. The lowest BCUT2D eigenvalue weighted by Crippen LogP contribution is -2.04. The molecule has 4 rings (SSSR count). The van der Waals surface area contributed by atoms with Crippen LogP contribution in [0.2, 0.25) is 0 Å². The first-order valence-electron chi connectivity index (χ1n) is 9.06. The van der Waals surface area contributed by atoms with E-state index in [1.54, 1.807) is 23.5 Å². The van der Waals surface area contributed by atoms with Gasteiger partial charge in [-0.15, -0.1) is 11.3 Å². The second-order valence-electron chi connectivity index (χ2n) is 6.57. The van der Waals surface area contributed by atoms with E-state index in [0.717, 1.165) is 22.9 Å². The van der Waals surface area contributed by atoms with Crippen molar-refractivity contribution in [3.05, 3.63) is 58.5 Å². The summed E-state index contributed by atoms with van der Waals surface area (Å²) in [5.74, 6) is -0.493. The summed E-state index contributed by atoms with van der Waals surface area (Å²) in [6, 6.07) is 11.3. The van der Waals surface area contributed by atoms with Gasteiger partial charge in [0.05, 0.1) is 18.4 Å². The number of nitrogens with zero attached hydrogens (tertiary/aromatic N) is 1. The van der Waals surface area contributed by atoms with Gasteiger partial charge in [0.15, 0.2) is 0 Å². The third-order valence-corrected chi connectivity index (χ3v) is 6.59. The normalized spacial score (nSPS) is 13.0. The number of rotatable bonds is 6. The largest absolute Gasteiger partial charge is 0.495 e. The number of carboxylic acids is 1. The first-order valence-corrected chi connectivity index (χ1v) is 10.8. The molecule has 0 radical (unpaired) electrons. The van der Waals surface area contributed by atoms with Crippen molar-refractivity contribution in [1.82, 2.24) is 4.98 Å². The lowest BCUT2D eigenvalue weighted by atomic mass is 9.88. The lowest BCUT2D eigenvalue weighted by Gasteiger charge is -2.18. The van der Waals surface area contributed by atoms with Gasteiger partial charge in [0, 0.05) is 22.9 Å². The van der Waals surface area contributed by atoms with Crippen LogP contribution in [-0.2, 0) is 12.8 Å². The third-order valence-electron chi connectivity index (χ3n) is 4.82. The zero-order valence-corrected chi connectivity index (χ0v) is 17.0. The van der Waals surface area contributed by atoms with E-state index in [-0.39, 0.29) is 5.56 Å². The average Bonchev–Trinajstić information content (AvgIpc) is 3.20. The highest BCUT2D eigenvalue weighted by Gasteiger charge is 2.16. The summed E-state index contributed by atoms with van der Waals surface area (Å²) in [4.78, 5) is 15.9. The fourth-order valence-electron chi connectivity index (χ4n) is 3.43. The first-order chi connectivity index (χ1) is 13.7. The molecule has 0 spiro atoms. The quantitative estimate of drug-likeness (QED) is 0.520. The number of aromatic nitrogens is 1. The van der Waals surface area contributed by atoms with E-state index in [9.17, 15) is 4.79 Å². The summed E-state index contributed by atoms with van der Waals surface area (Å²) in [5.41, 5.74) is 5.05. The van der Waals surface area contributed by atoms with E-state index in [0.29, 0.717) is 11.4 Å². The van der Waals surface area contributed by atoms with E-state index in [4.69, 9.17) is 14.8 Å². The molecule has 2 N–H and O–H groups in total. The number of methoxy groups -OCH3 is 1. The van der Waals surface area contributed by atoms with E-state index in [1.807, 2.05) is 5.38 Å². The zero-order chi connectivity index (χ0) is 19.5. The standard InChI is InChI=1S/C21H20N2O3S2/c1-26-18-11-14(21(24)25)9-10-17(18)23-28-19-12-27-20(22-19)16-8-4-6-13-5-2-3-7-15(13)16/h4,6,8-12,23H,2-3,5,7H2,1H3,(H,24,25). The molecule has 144 valence electrons. The Kier molecular flexibility index (Phi) is 5.54. The van der Waals surface area contributed by atoms with Crippen molar-refractivity contribution in [2.75, 3.05) is 11.8 Å². The predicted molar refractivity (Wildman–Crippen MR) is 114 cm³/mol. The van der Waals surface area contributed by atoms with Gasteiger partial charge < -0.3 is 14.6 Å². The molecule has 3 aromatic rings. The van der Waals surface area contributed by atoms with Gasteiger partial charge in [0.1, 0.15) is 15.8 Å². The minimum absolute atomic E-state index is 0.192. The van der Waals surface area contributed by atoms with Crippen molar-refractivity contribution in [2.45, 2.75) is 30.7 Å². The maximum atomic E-state index is 11.1. The van der Waals surface area contributed by atoms with Crippen molar-refractivity contribution in [1.29, 1.82) is 0 Å². The first kappa shape index (κ1) is 18.8. The van der Waals surface area contributed by atoms with E-state index in [2.05, 4.69) is 22.9 Å². The summed E-state index contributed by atoms with van der Waals surface area (Å²) in [7, 11) is 1.52. The molecular weight excluding hydrogens is 392 g/mol. The number of benzene rings is 2. The van der Waals surface area contributed by atoms with Crippen molar-refractivity contribution in [3.63, 3.8) is 0 Å². The van der Waals surface area contributed by atoms with E-state index >= 15 is 0 Å². The van der Waals surface area contributed by atoms with Gasteiger partial charge in [0.25, 0.3) is 0 Å². The molecule has 0 amide bonds. The van der Waals surface area contributed by atoms with Crippen LogP contribution < -0.4 is 9.46 Å². The van der Waals surface area contributed by atoms with Crippen LogP contribution in [0.1, 0.15) is 34.3 Å². The predicted octanol–water partition coefficient (Wildman–Crippen LogP) is 5.51. The molecule has 0 saturated carbocycles. The summed E-state index contributed by atoms with van der Waals surface area (Å²) < 4.78 is 8.52. The van der Waals surface area contributed by atoms with Crippen LogP contribution in [0, 0.1) is 0 Å². The molecule has 0 fully saturated rings. The molecule has 5 nitrogen and oxygen atoms in total. The van der Waals surface area contributed by atoms with Crippen LogP contribution in [0.5, 0.6) is 5.75 Å². The second-order valence-corrected chi connectivity index (χ2v) is 8.25. The van der Waals surface area contributed by atoms with Crippen molar-refractivity contribution < 1.29 is 14.6 Å². The number of aromatic carboxylic acids is 1. The van der Waals surface area contributed by atoms with Crippen LogP contribution in [0.15, 0.2) is 46.8 Å². The lowest BCUT2D eigenvalue weighted by molar-refractivity contribution is 0.0696. The number of hydrogen-bond acceptors (Lipinski definition) is 6. The number of carbonyl (C=O) groups is 1. The molecule has 28 heavy (non-hydrogen) atoms. The SMILES string of the molecule is COc1cc(C(=O)O)ccc1NSc1csc(-c2cccc3c2CCCC3)n1. The molecule has 1 aliphatic rings. The molecule has 1 aliphatic carbocycles. The van der Waals surface area contributed by atoms with E-state index in [1.165, 1.54) is 54.7 Å². The summed E-state index contributed by atoms with van der Waals surface area (Å²) in [6.07, 6.45) is 4.79. The van der Waals surface area contributed by atoms with Crippen molar-refractivity contribution >= 4 is 34.9 Å². The average molecular weight is 413 g/mol. The molecule has 0 bridgehead atoms. The molecule has 0 aliphatic heterocycles. The topological polar surface area (TPSA) is 71.5 Å². The number of ether oxygens (including phenoxy) is 1. The van der Waals surface area contributed by atoms with Gasteiger partial charge in [0.2, 0.25) is 0 Å². The van der Waals surface area contributed by atoms with Crippen LogP contribution in [0.3, 0.4) is 0 Å². The number of nitrogens with one attached hydrogen (secondary N) is 1. The number of fused-ring (bicyclic) bond motifs is 1. The Morgan fingerprint density at radius 2 is 2.11 bits per heavy atom. The van der Waals surface area contributed by atoms with Crippen LogP contribution in [0.25, 0.3) is 10.6 Å². The molecule has 2 aromatic carbocycles. The molecule has 0 unspecified atom stereocenters. The fraction of sp³-hybridized carbons (Fsp3) is 0.238. The number of aryl methyl sites for hydroxylation is 1. The second kappa shape index (κ2) is 8.24. The van der Waals surface area contributed by atoms with Gasteiger partial charge in [-0.2, -0.15) is 0 Å². The Balaban J connectivity index is 1.51. The van der Waals surface area contributed by atoms with Gasteiger partial charge >= 0.3 is 5.97 Å². The molecular formula is C21H20N2O3S2. The zero-order valence-electron chi connectivity index (χ0n) is 15.4. The summed E-state index contributed by atoms with van der Waals surface area (Å²) in [6.45, 7) is 0. The van der Waals surface area contributed by atoms with Crippen LogP contribution in [0.4, 0.5) is 5.69 Å². The summed E-state index contributed by atoms with van der Waals surface area (Å²) in [5, 5.41) is 13.1.